The first kappa shape index (κ1) is 17.2. The van der Waals surface area contributed by atoms with Crippen molar-refractivity contribution >= 4 is 22.9 Å². The zero-order valence-electron chi connectivity index (χ0n) is 14.4. The minimum atomic E-state index is 0.454. The highest BCUT2D eigenvalue weighted by Crippen LogP contribution is 2.35. The van der Waals surface area contributed by atoms with Gasteiger partial charge < -0.3 is 9.91 Å². The molecule has 2 heterocycles. The average molecular weight is 322 g/mol. The highest BCUT2D eigenvalue weighted by molar-refractivity contribution is 6.32. The Bertz CT molecular complexity index is 552. The molecule has 122 valence electrons. The van der Waals surface area contributed by atoms with Gasteiger partial charge in [0.2, 0.25) is 0 Å². The van der Waals surface area contributed by atoms with E-state index in [0.717, 1.165) is 24.5 Å². The molecule has 3 nitrogen and oxygen atoms in total. The minimum absolute atomic E-state index is 0.454. The summed E-state index contributed by atoms with van der Waals surface area (Å²) in [6.45, 7) is 10.3. The van der Waals surface area contributed by atoms with Crippen LogP contribution in [0.15, 0.2) is 18.3 Å². The second-order valence-electron chi connectivity index (χ2n) is 5.98. The van der Waals surface area contributed by atoms with Gasteiger partial charge >= 0.3 is 0 Å². The molecule has 0 radical (unpaired) electrons. The van der Waals surface area contributed by atoms with Crippen molar-refractivity contribution in [2.45, 2.75) is 46.6 Å². The van der Waals surface area contributed by atoms with Crippen molar-refractivity contribution in [2.75, 3.05) is 25.0 Å². The van der Waals surface area contributed by atoms with Crippen molar-refractivity contribution in [3.8, 4) is 0 Å². The van der Waals surface area contributed by atoms with Gasteiger partial charge in [0.25, 0.3) is 0 Å². The van der Waals surface area contributed by atoms with Gasteiger partial charge in [0.15, 0.2) is 0 Å². The Morgan fingerprint density at radius 1 is 1.23 bits per heavy atom. The quantitative estimate of drug-likeness (QED) is 0.875. The van der Waals surface area contributed by atoms with E-state index in [1.807, 2.05) is 13.8 Å². The average Bonchev–Trinajstić information content (AvgIpc) is 3.00. The van der Waals surface area contributed by atoms with Crippen LogP contribution in [0, 0.1) is 0 Å². The molecule has 0 unspecified atom stereocenters. The molecular formula is C18H28ClN3. The zero-order valence-corrected chi connectivity index (χ0v) is 15.2. The van der Waals surface area contributed by atoms with E-state index in [1.54, 1.807) is 0 Å². The smallest absolute Gasteiger partial charge is 0.0503 e. The summed E-state index contributed by atoms with van der Waals surface area (Å²) in [4.78, 5) is 2.30. The van der Waals surface area contributed by atoms with Crippen molar-refractivity contribution < 1.29 is 0 Å². The molecule has 2 aliphatic heterocycles. The van der Waals surface area contributed by atoms with Crippen molar-refractivity contribution in [1.29, 1.82) is 0 Å². The monoisotopic (exact) mass is 321 g/mol. The zero-order chi connectivity index (χ0) is 16.3. The third-order valence-corrected chi connectivity index (χ3v) is 4.48. The lowest BCUT2D eigenvalue weighted by Gasteiger charge is -2.28. The van der Waals surface area contributed by atoms with E-state index >= 15 is 0 Å². The molecule has 0 atom stereocenters. The van der Waals surface area contributed by atoms with E-state index < -0.39 is 0 Å². The van der Waals surface area contributed by atoms with Crippen LogP contribution in [-0.2, 0) is 6.42 Å². The highest BCUT2D eigenvalue weighted by atomic mass is 35.5. The summed E-state index contributed by atoms with van der Waals surface area (Å²) in [5.41, 5.74) is 8.55. The molecule has 0 saturated heterocycles. The first-order chi connectivity index (χ1) is 10.6. The lowest BCUT2D eigenvalue weighted by atomic mass is 9.96. The number of benzene rings is 1. The summed E-state index contributed by atoms with van der Waals surface area (Å²) in [7, 11) is 2.14. The van der Waals surface area contributed by atoms with Crippen LogP contribution in [0.2, 0.25) is 5.02 Å². The van der Waals surface area contributed by atoms with Gasteiger partial charge in [-0.1, -0.05) is 25.4 Å². The molecule has 0 amide bonds. The van der Waals surface area contributed by atoms with Crippen LogP contribution in [-0.4, -0.2) is 31.2 Å². The Balaban J connectivity index is 0.000000847. The van der Waals surface area contributed by atoms with Crippen LogP contribution < -0.4 is 10.3 Å². The van der Waals surface area contributed by atoms with Crippen LogP contribution in [0.3, 0.4) is 0 Å². The maximum absolute atomic E-state index is 6.52. The van der Waals surface area contributed by atoms with Crippen LogP contribution in [0.1, 0.15) is 45.2 Å². The van der Waals surface area contributed by atoms with Crippen molar-refractivity contribution in [3.05, 3.63) is 34.5 Å². The number of hydrogen-bond donors (Lipinski definition) is 1. The predicted molar refractivity (Wildman–Crippen MR) is 97.3 cm³/mol. The van der Waals surface area contributed by atoms with E-state index in [-0.39, 0.29) is 0 Å². The van der Waals surface area contributed by atoms with Gasteiger partial charge in [0, 0.05) is 38.1 Å². The minimum Gasteiger partial charge on any atom is -0.374 e. The molecule has 4 heteroatoms. The van der Waals surface area contributed by atoms with Crippen LogP contribution in [0.4, 0.5) is 5.69 Å². The molecule has 1 aromatic rings. The standard InChI is InChI=1S/C16H22ClN3.C2H6/c1-11(2)20-10-13(9-18-20)14-7-12-5-4-6-19(3)16(12)8-15(14)17;1-2/h7-8,10-11,18H,4-6,9H2,1-3H3;1-2H3. The second kappa shape index (κ2) is 7.38. The maximum Gasteiger partial charge on any atom is 0.0503 e. The fraction of sp³-hybridized carbons (Fsp3) is 0.556. The van der Waals surface area contributed by atoms with Crippen molar-refractivity contribution in [3.63, 3.8) is 0 Å². The number of fused-ring (bicyclic) bond motifs is 1. The van der Waals surface area contributed by atoms with Gasteiger partial charge in [0.05, 0.1) is 5.02 Å². The molecule has 1 N–H and O–H groups in total. The molecule has 22 heavy (non-hydrogen) atoms. The molecule has 0 fully saturated rings. The lowest BCUT2D eigenvalue weighted by molar-refractivity contribution is 0.250. The number of halogens is 1. The lowest BCUT2D eigenvalue weighted by Crippen LogP contribution is -2.34. The Morgan fingerprint density at radius 3 is 2.59 bits per heavy atom. The number of anilines is 1. The fourth-order valence-electron chi connectivity index (χ4n) is 2.97. The summed E-state index contributed by atoms with van der Waals surface area (Å²) in [6, 6.07) is 4.87. The van der Waals surface area contributed by atoms with Gasteiger partial charge in [-0.05, 0) is 55.5 Å². The topological polar surface area (TPSA) is 18.5 Å². The van der Waals surface area contributed by atoms with Gasteiger partial charge in [-0.3, -0.25) is 0 Å². The Labute approximate surface area is 139 Å². The van der Waals surface area contributed by atoms with Gasteiger partial charge in [0.1, 0.15) is 0 Å². The first-order valence-corrected chi connectivity index (χ1v) is 8.70. The SMILES string of the molecule is CC.CC(C)N1C=C(c2cc3c(cc2Cl)N(C)CCC3)CN1. The summed E-state index contributed by atoms with van der Waals surface area (Å²) in [5, 5.41) is 3.01. The Kier molecular flexibility index (Phi) is 5.76. The molecule has 0 aliphatic carbocycles. The summed E-state index contributed by atoms with van der Waals surface area (Å²) in [5.74, 6) is 0. The third-order valence-electron chi connectivity index (χ3n) is 4.17. The van der Waals surface area contributed by atoms with Crippen LogP contribution >= 0.6 is 11.6 Å². The molecule has 0 saturated carbocycles. The van der Waals surface area contributed by atoms with Crippen molar-refractivity contribution in [2.24, 2.45) is 0 Å². The molecule has 3 rings (SSSR count). The highest BCUT2D eigenvalue weighted by Gasteiger charge is 2.21. The number of nitrogens with zero attached hydrogens (tertiary/aromatic N) is 2. The Morgan fingerprint density at radius 2 is 1.95 bits per heavy atom. The van der Waals surface area contributed by atoms with Crippen molar-refractivity contribution in [1.82, 2.24) is 10.4 Å². The first-order valence-electron chi connectivity index (χ1n) is 8.32. The molecule has 0 bridgehead atoms. The molecule has 0 aromatic heterocycles. The third kappa shape index (κ3) is 3.41. The summed E-state index contributed by atoms with van der Waals surface area (Å²) >= 11 is 6.52. The van der Waals surface area contributed by atoms with Gasteiger partial charge in [-0.25, -0.2) is 5.43 Å². The van der Waals surface area contributed by atoms with E-state index in [0.29, 0.717) is 6.04 Å². The van der Waals surface area contributed by atoms with Gasteiger partial charge in [-0.15, -0.1) is 0 Å². The van der Waals surface area contributed by atoms with E-state index in [1.165, 1.54) is 28.8 Å². The Hall–Kier alpha value is -1.19. The van der Waals surface area contributed by atoms with Crippen LogP contribution in [0.25, 0.3) is 5.57 Å². The molecule has 1 aromatic carbocycles. The summed E-state index contributed by atoms with van der Waals surface area (Å²) < 4.78 is 0. The predicted octanol–water partition coefficient (Wildman–Crippen LogP) is 4.32. The number of aryl methyl sites for hydroxylation is 1. The maximum atomic E-state index is 6.52. The second-order valence-corrected chi connectivity index (χ2v) is 6.38. The molecule has 2 aliphatic rings. The molecular weight excluding hydrogens is 294 g/mol. The van der Waals surface area contributed by atoms with Gasteiger partial charge in [-0.2, -0.15) is 0 Å². The van der Waals surface area contributed by atoms with Crippen LogP contribution in [0.5, 0.6) is 0 Å². The normalized spacial score (nSPS) is 17.1. The fourth-order valence-corrected chi connectivity index (χ4v) is 3.25. The number of nitrogens with one attached hydrogen (secondary N) is 1. The largest absolute Gasteiger partial charge is 0.374 e. The number of hydrogen-bond acceptors (Lipinski definition) is 3. The molecule has 0 spiro atoms. The van der Waals surface area contributed by atoms with E-state index in [4.69, 9.17) is 11.6 Å². The summed E-state index contributed by atoms with van der Waals surface area (Å²) in [6.07, 6.45) is 4.56. The van der Waals surface area contributed by atoms with E-state index in [9.17, 15) is 0 Å². The van der Waals surface area contributed by atoms with E-state index in [2.05, 4.69) is 54.6 Å². The number of rotatable bonds is 2. The number of hydrazine groups is 1.